The summed E-state index contributed by atoms with van der Waals surface area (Å²) >= 11 is 5.90. The number of fused-ring (bicyclic) bond motifs is 1. The standard InChI is InChI=1S/C18H12ClN5O3/c19-13-4-6-14(7-5-13)23-17-16(9-21-23)18(25)22(11-20-17)10-12-2-1-3-15(8-12)24(26)27/h1-9,11H,10H2. The maximum absolute atomic E-state index is 12.8. The number of benzene rings is 2. The highest BCUT2D eigenvalue weighted by Gasteiger charge is 2.13. The van der Waals surface area contributed by atoms with Crippen molar-refractivity contribution in [1.29, 1.82) is 0 Å². The van der Waals surface area contributed by atoms with E-state index in [2.05, 4.69) is 10.1 Å². The average Bonchev–Trinajstić information content (AvgIpc) is 3.10. The molecule has 4 rings (SSSR count). The van der Waals surface area contributed by atoms with Crippen LogP contribution < -0.4 is 5.56 Å². The summed E-state index contributed by atoms with van der Waals surface area (Å²) in [5, 5.41) is 16.1. The van der Waals surface area contributed by atoms with E-state index in [9.17, 15) is 14.9 Å². The predicted molar refractivity (Wildman–Crippen MR) is 100 cm³/mol. The molecule has 0 saturated heterocycles. The van der Waals surface area contributed by atoms with Gasteiger partial charge in [0, 0.05) is 17.2 Å². The van der Waals surface area contributed by atoms with E-state index in [4.69, 9.17) is 11.6 Å². The number of non-ortho nitro benzene ring substituents is 1. The molecule has 0 N–H and O–H groups in total. The number of nitro benzene ring substituents is 1. The van der Waals surface area contributed by atoms with Crippen LogP contribution in [0.15, 0.2) is 65.8 Å². The molecular formula is C18H12ClN5O3. The normalized spacial score (nSPS) is 11.0. The Bertz CT molecular complexity index is 1210. The molecular weight excluding hydrogens is 370 g/mol. The van der Waals surface area contributed by atoms with E-state index in [0.29, 0.717) is 21.6 Å². The zero-order valence-electron chi connectivity index (χ0n) is 13.8. The molecule has 2 heterocycles. The van der Waals surface area contributed by atoms with Crippen LogP contribution in [0.25, 0.3) is 16.7 Å². The van der Waals surface area contributed by atoms with Gasteiger partial charge in [-0.25, -0.2) is 9.67 Å². The Labute approximate surface area is 157 Å². The molecule has 27 heavy (non-hydrogen) atoms. The number of nitrogens with zero attached hydrogens (tertiary/aromatic N) is 5. The Balaban J connectivity index is 1.73. The van der Waals surface area contributed by atoms with E-state index < -0.39 is 4.92 Å². The van der Waals surface area contributed by atoms with Gasteiger partial charge in [-0.1, -0.05) is 23.7 Å². The van der Waals surface area contributed by atoms with Gasteiger partial charge in [-0.15, -0.1) is 0 Å². The lowest BCUT2D eigenvalue weighted by atomic mass is 10.2. The van der Waals surface area contributed by atoms with Gasteiger partial charge in [0.2, 0.25) is 0 Å². The van der Waals surface area contributed by atoms with Crippen molar-refractivity contribution in [3.05, 3.63) is 92.1 Å². The van der Waals surface area contributed by atoms with Crippen LogP contribution in [-0.4, -0.2) is 24.3 Å². The van der Waals surface area contributed by atoms with E-state index in [-0.39, 0.29) is 17.8 Å². The topological polar surface area (TPSA) is 95.8 Å². The van der Waals surface area contributed by atoms with Gasteiger partial charge in [0.05, 0.1) is 23.4 Å². The molecule has 0 aliphatic rings. The quantitative estimate of drug-likeness (QED) is 0.399. The van der Waals surface area contributed by atoms with Crippen LogP contribution in [0.1, 0.15) is 5.56 Å². The number of hydrogen-bond donors (Lipinski definition) is 0. The summed E-state index contributed by atoms with van der Waals surface area (Å²) in [4.78, 5) is 27.6. The van der Waals surface area contributed by atoms with Crippen LogP contribution in [0.2, 0.25) is 5.02 Å². The molecule has 0 amide bonds. The lowest BCUT2D eigenvalue weighted by Crippen LogP contribution is -2.21. The first-order chi connectivity index (χ1) is 13.0. The number of rotatable bonds is 4. The first-order valence-electron chi connectivity index (χ1n) is 7.95. The second-order valence-corrected chi connectivity index (χ2v) is 6.31. The van der Waals surface area contributed by atoms with Crippen LogP contribution in [-0.2, 0) is 6.54 Å². The lowest BCUT2D eigenvalue weighted by molar-refractivity contribution is -0.384. The highest BCUT2D eigenvalue weighted by molar-refractivity contribution is 6.30. The molecule has 134 valence electrons. The van der Waals surface area contributed by atoms with E-state index >= 15 is 0 Å². The molecule has 2 aromatic heterocycles. The number of aromatic nitrogens is 4. The highest BCUT2D eigenvalue weighted by atomic mass is 35.5. The third-order valence-corrected chi connectivity index (χ3v) is 4.35. The largest absolute Gasteiger partial charge is 0.294 e. The first kappa shape index (κ1) is 16.9. The summed E-state index contributed by atoms with van der Waals surface area (Å²) in [6.07, 6.45) is 2.88. The molecule has 8 nitrogen and oxygen atoms in total. The molecule has 0 aliphatic heterocycles. The SMILES string of the molecule is O=c1c2cnn(-c3ccc(Cl)cc3)c2ncn1Cc1cccc([N+](=O)[O-])c1. The molecule has 0 spiro atoms. The molecule has 0 bridgehead atoms. The van der Waals surface area contributed by atoms with Crippen LogP contribution in [0.5, 0.6) is 0 Å². The fourth-order valence-electron chi connectivity index (χ4n) is 2.80. The van der Waals surface area contributed by atoms with Gasteiger partial charge in [0.15, 0.2) is 5.65 Å². The Hall–Kier alpha value is -3.52. The van der Waals surface area contributed by atoms with E-state index in [0.717, 1.165) is 5.69 Å². The van der Waals surface area contributed by atoms with Crippen LogP contribution in [0, 0.1) is 10.1 Å². The molecule has 0 radical (unpaired) electrons. The zero-order chi connectivity index (χ0) is 19.0. The van der Waals surface area contributed by atoms with Crippen LogP contribution in [0.4, 0.5) is 5.69 Å². The molecule has 0 fully saturated rings. The van der Waals surface area contributed by atoms with Crippen molar-refractivity contribution >= 4 is 28.3 Å². The summed E-state index contributed by atoms with van der Waals surface area (Å²) in [5.41, 5.74) is 1.50. The van der Waals surface area contributed by atoms with Crippen molar-refractivity contribution in [2.75, 3.05) is 0 Å². The molecule has 4 aromatic rings. The van der Waals surface area contributed by atoms with Gasteiger partial charge in [-0.2, -0.15) is 5.10 Å². The van der Waals surface area contributed by atoms with E-state index in [1.54, 1.807) is 41.1 Å². The Morgan fingerprint density at radius 2 is 1.93 bits per heavy atom. The van der Waals surface area contributed by atoms with Gasteiger partial charge >= 0.3 is 0 Å². The van der Waals surface area contributed by atoms with Crippen molar-refractivity contribution in [1.82, 2.24) is 19.3 Å². The van der Waals surface area contributed by atoms with Gasteiger partial charge in [0.25, 0.3) is 11.2 Å². The van der Waals surface area contributed by atoms with Crippen molar-refractivity contribution in [2.45, 2.75) is 6.54 Å². The van der Waals surface area contributed by atoms with Crippen molar-refractivity contribution in [3.8, 4) is 5.69 Å². The Morgan fingerprint density at radius 3 is 2.67 bits per heavy atom. The smallest absolute Gasteiger partial charge is 0.269 e. The van der Waals surface area contributed by atoms with Crippen LogP contribution in [0.3, 0.4) is 0 Å². The second-order valence-electron chi connectivity index (χ2n) is 5.87. The molecule has 0 atom stereocenters. The minimum Gasteiger partial charge on any atom is -0.294 e. The average molecular weight is 382 g/mol. The predicted octanol–water partition coefficient (Wildman–Crippen LogP) is 3.19. The molecule has 9 heteroatoms. The molecule has 0 saturated carbocycles. The zero-order valence-corrected chi connectivity index (χ0v) is 14.6. The van der Waals surface area contributed by atoms with Crippen molar-refractivity contribution in [3.63, 3.8) is 0 Å². The molecule has 0 unspecified atom stereocenters. The molecule has 2 aromatic carbocycles. The highest BCUT2D eigenvalue weighted by Crippen LogP contribution is 2.17. The summed E-state index contributed by atoms with van der Waals surface area (Å²) in [5.74, 6) is 0. The second kappa shape index (κ2) is 6.65. The van der Waals surface area contributed by atoms with E-state index in [1.807, 2.05) is 0 Å². The summed E-state index contributed by atoms with van der Waals surface area (Å²) in [7, 11) is 0. The summed E-state index contributed by atoms with van der Waals surface area (Å²) < 4.78 is 2.96. The minimum atomic E-state index is -0.468. The minimum absolute atomic E-state index is 0.0230. The van der Waals surface area contributed by atoms with Gasteiger partial charge in [-0.05, 0) is 29.8 Å². The van der Waals surface area contributed by atoms with Gasteiger partial charge < -0.3 is 0 Å². The Kier molecular flexibility index (Phi) is 4.17. The fourth-order valence-corrected chi connectivity index (χ4v) is 2.92. The number of hydrogen-bond acceptors (Lipinski definition) is 5. The monoisotopic (exact) mass is 381 g/mol. The fraction of sp³-hybridized carbons (Fsp3) is 0.0556. The third kappa shape index (κ3) is 3.18. The maximum Gasteiger partial charge on any atom is 0.269 e. The van der Waals surface area contributed by atoms with Crippen molar-refractivity contribution < 1.29 is 4.92 Å². The van der Waals surface area contributed by atoms with Gasteiger partial charge in [-0.3, -0.25) is 19.5 Å². The third-order valence-electron chi connectivity index (χ3n) is 4.10. The molecule has 0 aliphatic carbocycles. The van der Waals surface area contributed by atoms with Crippen molar-refractivity contribution in [2.24, 2.45) is 0 Å². The number of nitro groups is 1. The summed E-state index contributed by atoms with van der Waals surface area (Å²) in [6, 6.07) is 13.2. The first-order valence-corrected chi connectivity index (χ1v) is 8.33. The van der Waals surface area contributed by atoms with Gasteiger partial charge in [0.1, 0.15) is 11.7 Å². The van der Waals surface area contributed by atoms with Crippen LogP contribution >= 0.6 is 11.6 Å². The number of halogens is 1. The Morgan fingerprint density at radius 1 is 1.15 bits per heavy atom. The lowest BCUT2D eigenvalue weighted by Gasteiger charge is -2.07. The van der Waals surface area contributed by atoms with E-state index in [1.165, 1.54) is 29.2 Å². The maximum atomic E-state index is 12.8. The summed E-state index contributed by atoms with van der Waals surface area (Å²) in [6.45, 7) is 0.176.